The molecule has 1 aliphatic rings. The third-order valence-corrected chi connectivity index (χ3v) is 6.23. The van der Waals surface area contributed by atoms with Crippen molar-refractivity contribution in [2.45, 2.75) is 32.4 Å². The standard InChI is InChI=1S/C26H29ClN2/c1-19(2)21-10-5-6-12-23(21)22-11-4-3-9-20(22)18-29-16-15-28-17-26(29)24-13-7-8-14-25(24)27/h3-14,19,26,28H,15-18H2,1-2H3/t26-/m0/s1. The number of hydrogen-bond donors (Lipinski definition) is 1. The Morgan fingerprint density at radius 1 is 0.931 bits per heavy atom. The average molecular weight is 405 g/mol. The van der Waals surface area contributed by atoms with Crippen molar-refractivity contribution >= 4 is 11.6 Å². The van der Waals surface area contributed by atoms with Gasteiger partial charge < -0.3 is 5.32 Å². The van der Waals surface area contributed by atoms with Crippen molar-refractivity contribution in [2.75, 3.05) is 19.6 Å². The van der Waals surface area contributed by atoms with E-state index in [0.717, 1.165) is 31.2 Å². The molecule has 1 aliphatic heterocycles. The number of hydrogen-bond acceptors (Lipinski definition) is 2. The third-order valence-electron chi connectivity index (χ3n) is 5.88. The molecule has 3 aromatic carbocycles. The largest absolute Gasteiger partial charge is 0.314 e. The van der Waals surface area contributed by atoms with Gasteiger partial charge in [-0.25, -0.2) is 0 Å². The summed E-state index contributed by atoms with van der Waals surface area (Å²) in [6.07, 6.45) is 0. The molecule has 4 rings (SSSR count). The molecule has 29 heavy (non-hydrogen) atoms. The summed E-state index contributed by atoms with van der Waals surface area (Å²) in [5.41, 5.74) is 6.68. The highest BCUT2D eigenvalue weighted by Crippen LogP contribution is 2.34. The van der Waals surface area contributed by atoms with Gasteiger partial charge in [-0.3, -0.25) is 4.90 Å². The van der Waals surface area contributed by atoms with Crippen molar-refractivity contribution in [1.82, 2.24) is 10.2 Å². The Labute approximate surface area is 179 Å². The highest BCUT2D eigenvalue weighted by molar-refractivity contribution is 6.31. The highest BCUT2D eigenvalue weighted by atomic mass is 35.5. The summed E-state index contributed by atoms with van der Waals surface area (Å²) in [4.78, 5) is 2.56. The molecule has 0 unspecified atom stereocenters. The van der Waals surface area contributed by atoms with E-state index in [0.29, 0.717) is 5.92 Å². The second-order valence-corrected chi connectivity index (χ2v) is 8.52. The molecule has 2 nitrogen and oxygen atoms in total. The summed E-state index contributed by atoms with van der Waals surface area (Å²) >= 11 is 6.55. The predicted octanol–water partition coefficient (Wildman–Crippen LogP) is 6.28. The van der Waals surface area contributed by atoms with E-state index in [1.807, 2.05) is 12.1 Å². The molecular formula is C26H29ClN2. The first-order chi connectivity index (χ1) is 14.1. The van der Waals surface area contributed by atoms with Gasteiger partial charge in [0.15, 0.2) is 0 Å². The summed E-state index contributed by atoms with van der Waals surface area (Å²) < 4.78 is 0. The summed E-state index contributed by atoms with van der Waals surface area (Å²) in [5, 5.41) is 4.40. The maximum atomic E-state index is 6.55. The van der Waals surface area contributed by atoms with Crippen LogP contribution in [0.3, 0.4) is 0 Å². The van der Waals surface area contributed by atoms with E-state index in [9.17, 15) is 0 Å². The fraction of sp³-hybridized carbons (Fsp3) is 0.308. The quantitative estimate of drug-likeness (QED) is 0.538. The molecule has 0 bridgehead atoms. The molecule has 1 heterocycles. The Bertz CT molecular complexity index is 966. The smallest absolute Gasteiger partial charge is 0.0491 e. The first kappa shape index (κ1) is 20.2. The summed E-state index contributed by atoms with van der Waals surface area (Å²) in [7, 11) is 0. The summed E-state index contributed by atoms with van der Waals surface area (Å²) in [6, 6.07) is 26.2. The van der Waals surface area contributed by atoms with Gasteiger partial charge in [0.25, 0.3) is 0 Å². The normalized spacial score (nSPS) is 17.6. The molecule has 0 saturated carbocycles. The SMILES string of the molecule is CC(C)c1ccccc1-c1ccccc1CN1CCNC[C@H]1c1ccccc1Cl. The molecule has 0 spiro atoms. The number of nitrogens with one attached hydrogen (secondary N) is 1. The van der Waals surface area contributed by atoms with Gasteiger partial charge in [-0.2, -0.15) is 0 Å². The molecule has 0 radical (unpaired) electrons. The van der Waals surface area contributed by atoms with Gasteiger partial charge in [-0.1, -0.05) is 92.2 Å². The van der Waals surface area contributed by atoms with E-state index >= 15 is 0 Å². The van der Waals surface area contributed by atoms with Crippen LogP contribution in [0.5, 0.6) is 0 Å². The number of halogens is 1. The Morgan fingerprint density at radius 2 is 1.62 bits per heavy atom. The minimum atomic E-state index is 0.283. The van der Waals surface area contributed by atoms with E-state index < -0.39 is 0 Å². The number of nitrogens with zero attached hydrogens (tertiary/aromatic N) is 1. The Hall–Kier alpha value is -2.13. The fourth-order valence-corrected chi connectivity index (χ4v) is 4.63. The van der Waals surface area contributed by atoms with Gasteiger partial charge in [0.05, 0.1) is 0 Å². The predicted molar refractivity (Wildman–Crippen MR) is 123 cm³/mol. The van der Waals surface area contributed by atoms with E-state index in [4.69, 9.17) is 11.6 Å². The summed E-state index contributed by atoms with van der Waals surface area (Å²) in [5.74, 6) is 0.495. The highest BCUT2D eigenvalue weighted by Gasteiger charge is 2.26. The Kier molecular flexibility index (Phi) is 6.34. The maximum absolute atomic E-state index is 6.55. The van der Waals surface area contributed by atoms with Crippen LogP contribution in [0.25, 0.3) is 11.1 Å². The zero-order valence-corrected chi connectivity index (χ0v) is 18.0. The monoisotopic (exact) mass is 404 g/mol. The van der Waals surface area contributed by atoms with Gasteiger partial charge >= 0.3 is 0 Å². The Balaban J connectivity index is 1.69. The lowest BCUT2D eigenvalue weighted by atomic mass is 9.90. The van der Waals surface area contributed by atoms with Crippen LogP contribution < -0.4 is 5.32 Å². The lowest BCUT2D eigenvalue weighted by molar-refractivity contribution is 0.154. The van der Waals surface area contributed by atoms with E-state index in [-0.39, 0.29) is 6.04 Å². The zero-order chi connectivity index (χ0) is 20.2. The van der Waals surface area contributed by atoms with E-state index in [1.165, 1.54) is 27.8 Å². The van der Waals surface area contributed by atoms with Gasteiger partial charge in [-0.05, 0) is 39.8 Å². The molecule has 0 amide bonds. The molecule has 1 N–H and O–H groups in total. The molecule has 150 valence electrons. The van der Waals surface area contributed by atoms with Crippen LogP contribution in [-0.4, -0.2) is 24.5 Å². The van der Waals surface area contributed by atoms with Crippen LogP contribution >= 0.6 is 11.6 Å². The van der Waals surface area contributed by atoms with Gasteiger partial charge in [-0.15, -0.1) is 0 Å². The van der Waals surface area contributed by atoms with Crippen LogP contribution in [0.2, 0.25) is 5.02 Å². The molecule has 3 heteroatoms. The van der Waals surface area contributed by atoms with Crippen LogP contribution in [-0.2, 0) is 6.54 Å². The number of rotatable bonds is 5. The second-order valence-electron chi connectivity index (χ2n) is 8.11. The minimum Gasteiger partial charge on any atom is -0.314 e. The first-order valence-corrected chi connectivity index (χ1v) is 10.9. The minimum absolute atomic E-state index is 0.283. The lowest BCUT2D eigenvalue weighted by Crippen LogP contribution is -2.45. The fourth-order valence-electron chi connectivity index (χ4n) is 4.37. The van der Waals surface area contributed by atoms with Crippen molar-refractivity contribution in [3.63, 3.8) is 0 Å². The topological polar surface area (TPSA) is 15.3 Å². The average Bonchev–Trinajstić information content (AvgIpc) is 2.75. The molecule has 1 fully saturated rings. The van der Waals surface area contributed by atoms with Crippen molar-refractivity contribution < 1.29 is 0 Å². The lowest BCUT2D eigenvalue weighted by Gasteiger charge is -2.37. The van der Waals surface area contributed by atoms with Gasteiger partial charge in [0, 0.05) is 37.2 Å². The Morgan fingerprint density at radius 3 is 2.41 bits per heavy atom. The van der Waals surface area contributed by atoms with Crippen LogP contribution in [0.4, 0.5) is 0 Å². The molecule has 1 saturated heterocycles. The van der Waals surface area contributed by atoms with E-state index in [2.05, 4.69) is 84.7 Å². The van der Waals surface area contributed by atoms with Crippen LogP contribution in [0.15, 0.2) is 72.8 Å². The molecular weight excluding hydrogens is 376 g/mol. The number of piperazine rings is 1. The van der Waals surface area contributed by atoms with Crippen LogP contribution in [0, 0.1) is 0 Å². The van der Waals surface area contributed by atoms with Crippen molar-refractivity contribution in [3.8, 4) is 11.1 Å². The van der Waals surface area contributed by atoms with Crippen LogP contribution in [0.1, 0.15) is 42.5 Å². The second kappa shape index (κ2) is 9.13. The molecule has 0 aromatic heterocycles. The van der Waals surface area contributed by atoms with Crippen molar-refractivity contribution in [2.24, 2.45) is 0 Å². The van der Waals surface area contributed by atoms with Crippen molar-refractivity contribution in [1.29, 1.82) is 0 Å². The van der Waals surface area contributed by atoms with Crippen molar-refractivity contribution in [3.05, 3.63) is 94.5 Å². The molecule has 3 aromatic rings. The summed E-state index contributed by atoms with van der Waals surface area (Å²) in [6.45, 7) is 8.40. The molecule has 0 aliphatic carbocycles. The first-order valence-electron chi connectivity index (χ1n) is 10.5. The van der Waals surface area contributed by atoms with E-state index in [1.54, 1.807) is 0 Å². The zero-order valence-electron chi connectivity index (χ0n) is 17.2. The third kappa shape index (κ3) is 4.40. The van der Waals surface area contributed by atoms with Gasteiger partial charge in [0.1, 0.15) is 0 Å². The maximum Gasteiger partial charge on any atom is 0.0491 e. The van der Waals surface area contributed by atoms with Gasteiger partial charge in [0.2, 0.25) is 0 Å². The molecule has 1 atom stereocenters. The number of benzene rings is 3.